The molecule has 0 atom stereocenters. The number of alkyl halides is 3. The van der Waals surface area contributed by atoms with Crippen molar-refractivity contribution in [2.45, 2.75) is 13.3 Å². The van der Waals surface area contributed by atoms with Crippen molar-refractivity contribution in [1.29, 1.82) is 0 Å². The Labute approximate surface area is 223 Å². The van der Waals surface area contributed by atoms with Crippen LogP contribution in [0.1, 0.15) is 16.7 Å². The minimum Gasteiger partial charge on any atom is -0.497 e. The van der Waals surface area contributed by atoms with Gasteiger partial charge in [0.05, 0.1) is 19.0 Å². The lowest BCUT2D eigenvalue weighted by Crippen LogP contribution is -2.27. The van der Waals surface area contributed by atoms with Gasteiger partial charge in [0.1, 0.15) is 23.7 Å². The van der Waals surface area contributed by atoms with Gasteiger partial charge in [-0.25, -0.2) is 15.0 Å². The fraction of sp³-hybridized carbons (Fsp3) is 0.154. The van der Waals surface area contributed by atoms with Gasteiger partial charge in [0.15, 0.2) is 5.11 Å². The topological polar surface area (TPSA) is 96.8 Å². The summed E-state index contributed by atoms with van der Waals surface area (Å²) in [6.07, 6.45) is -1.88. The lowest BCUT2D eigenvalue weighted by atomic mass is 10.1. The summed E-state index contributed by atoms with van der Waals surface area (Å²) in [5, 5.41) is 9.48. The summed E-state index contributed by atoms with van der Waals surface area (Å²) >= 11 is 5.43. The van der Waals surface area contributed by atoms with Gasteiger partial charge >= 0.3 is 6.36 Å². The van der Waals surface area contributed by atoms with Gasteiger partial charge in [-0.3, -0.25) is 0 Å². The molecule has 8 nitrogen and oxygen atoms in total. The maximum Gasteiger partial charge on any atom is 0.573 e. The molecule has 3 N–H and O–H groups in total. The van der Waals surface area contributed by atoms with Crippen LogP contribution in [0.5, 0.6) is 11.5 Å². The number of nitrogens with one attached hydrogen (secondary N) is 1. The molecule has 0 spiro atoms. The number of rotatable bonds is 8. The van der Waals surface area contributed by atoms with Gasteiger partial charge in [0, 0.05) is 18.3 Å². The first kappa shape index (κ1) is 28.1. The average Bonchev–Trinajstić information content (AvgIpc) is 2.88. The lowest BCUT2D eigenvalue weighted by molar-refractivity contribution is -0.274. The molecular formula is C26H25F3N6O2S. The third kappa shape index (κ3) is 8.59. The summed E-state index contributed by atoms with van der Waals surface area (Å²) in [6, 6.07) is 17.9. The van der Waals surface area contributed by atoms with Crippen LogP contribution >= 0.6 is 12.2 Å². The number of amidine groups is 1. The van der Waals surface area contributed by atoms with Crippen LogP contribution in [0.3, 0.4) is 0 Å². The SMILES string of the molecule is COc1ccc(NC(=S)N(C)/N=C/c2ccc(C(N)=NC=Nc3ccc(OC(F)(F)F)cc3)cc2)c(C)c1. The second-order valence-electron chi connectivity index (χ2n) is 7.80. The molecule has 0 unspecified atom stereocenters. The number of anilines is 1. The van der Waals surface area contributed by atoms with E-state index in [2.05, 4.69) is 25.1 Å². The average molecular weight is 543 g/mol. The standard InChI is InChI=1S/C26H25F3N6O2S/c1-17-14-22(36-3)12-13-23(17)34-25(38)35(2)33-15-18-4-6-19(7-5-18)24(30)32-16-31-20-8-10-21(11-9-20)37-26(27,28)29/h4-16H,1-3H3,(H,34,38)(H2,30,31,32)/b33-15+. The highest BCUT2D eigenvalue weighted by molar-refractivity contribution is 7.80. The molecule has 0 heterocycles. The highest BCUT2D eigenvalue weighted by atomic mass is 32.1. The third-order valence-electron chi connectivity index (χ3n) is 5.03. The molecule has 3 rings (SSSR count). The number of halogens is 3. The van der Waals surface area contributed by atoms with Crippen molar-refractivity contribution >= 4 is 47.1 Å². The van der Waals surface area contributed by atoms with E-state index in [-0.39, 0.29) is 11.6 Å². The molecule has 0 bridgehead atoms. The maximum absolute atomic E-state index is 12.2. The van der Waals surface area contributed by atoms with Gasteiger partial charge in [-0.05, 0) is 72.7 Å². The number of aryl methyl sites for hydroxylation is 1. The van der Waals surface area contributed by atoms with Gasteiger partial charge in [-0.15, -0.1) is 13.2 Å². The maximum atomic E-state index is 12.2. The summed E-state index contributed by atoms with van der Waals surface area (Å²) in [6.45, 7) is 1.95. The van der Waals surface area contributed by atoms with Gasteiger partial charge in [0.2, 0.25) is 0 Å². The van der Waals surface area contributed by atoms with E-state index < -0.39 is 6.36 Å². The van der Waals surface area contributed by atoms with Crippen molar-refractivity contribution < 1.29 is 22.6 Å². The predicted molar refractivity (Wildman–Crippen MR) is 148 cm³/mol. The Morgan fingerprint density at radius 3 is 2.29 bits per heavy atom. The lowest BCUT2D eigenvalue weighted by Gasteiger charge is -2.17. The molecule has 3 aromatic carbocycles. The van der Waals surface area contributed by atoms with Crippen LogP contribution in [0.25, 0.3) is 0 Å². The van der Waals surface area contributed by atoms with E-state index in [9.17, 15) is 13.2 Å². The number of benzene rings is 3. The van der Waals surface area contributed by atoms with E-state index >= 15 is 0 Å². The molecule has 0 fully saturated rings. The number of nitrogens with zero attached hydrogens (tertiary/aromatic N) is 4. The number of ether oxygens (including phenoxy) is 2. The molecule has 0 aliphatic heterocycles. The molecule has 0 amide bonds. The molecule has 198 valence electrons. The van der Waals surface area contributed by atoms with E-state index in [1.54, 1.807) is 37.5 Å². The van der Waals surface area contributed by atoms with Gasteiger partial charge < -0.3 is 20.5 Å². The van der Waals surface area contributed by atoms with Crippen LogP contribution < -0.4 is 20.5 Å². The van der Waals surface area contributed by atoms with Crippen molar-refractivity contribution in [3.8, 4) is 11.5 Å². The minimum atomic E-state index is -4.75. The summed E-state index contributed by atoms with van der Waals surface area (Å²) in [5.74, 6) is 0.645. The summed E-state index contributed by atoms with van der Waals surface area (Å²) in [4.78, 5) is 8.13. The predicted octanol–water partition coefficient (Wildman–Crippen LogP) is 5.63. The normalized spacial score (nSPS) is 12.1. The van der Waals surface area contributed by atoms with Crippen LogP contribution in [-0.4, -0.2) is 49.0 Å². The van der Waals surface area contributed by atoms with E-state index in [1.807, 2.05) is 37.3 Å². The molecule has 0 saturated heterocycles. The fourth-order valence-electron chi connectivity index (χ4n) is 3.01. The molecule has 0 aliphatic carbocycles. The van der Waals surface area contributed by atoms with Gasteiger partial charge in [0.25, 0.3) is 0 Å². The Kier molecular flexibility index (Phi) is 9.39. The third-order valence-corrected chi connectivity index (χ3v) is 5.40. The summed E-state index contributed by atoms with van der Waals surface area (Å²) in [5.41, 5.74) is 9.70. The van der Waals surface area contributed by atoms with E-state index in [0.717, 1.165) is 34.7 Å². The first-order valence-electron chi connectivity index (χ1n) is 11.1. The number of aliphatic imine (C=N–C) groups is 2. The second-order valence-corrected chi connectivity index (χ2v) is 8.19. The molecule has 0 aliphatic rings. The second kappa shape index (κ2) is 12.7. The summed E-state index contributed by atoms with van der Waals surface area (Å²) < 4.78 is 45.7. The number of hydrogen-bond donors (Lipinski definition) is 2. The van der Waals surface area contributed by atoms with Crippen LogP contribution in [0, 0.1) is 6.92 Å². The molecule has 3 aromatic rings. The largest absolute Gasteiger partial charge is 0.573 e. The van der Waals surface area contributed by atoms with Crippen LogP contribution in [-0.2, 0) is 0 Å². The Morgan fingerprint density at radius 1 is 1.03 bits per heavy atom. The summed E-state index contributed by atoms with van der Waals surface area (Å²) in [7, 11) is 3.35. The Morgan fingerprint density at radius 2 is 1.68 bits per heavy atom. The van der Waals surface area contributed by atoms with Crippen molar-refractivity contribution in [2.24, 2.45) is 20.8 Å². The first-order valence-corrected chi connectivity index (χ1v) is 11.5. The number of nitrogens with two attached hydrogens (primary N) is 1. The zero-order valence-electron chi connectivity index (χ0n) is 20.7. The highest BCUT2D eigenvalue weighted by Gasteiger charge is 2.30. The van der Waals surface area contributed by atoms with Crippen LogP contribution in [0.2, 0.25) is 0 Å². The monoisotopic (exact) mass is 542 g/mol. The molecule has 38 heavy (non-hydrogen) atoms. The van der Waals surface area contributed by atoms with E-state index in [0.29, 0.717) is 16.4 Å². The Balaban J connectivity index is 1.55. The Bertz CT molecular complexity index is 1340. The smallest absolute Gasteiger partial charge is 0.497 e. The number of hydrogen-bond acceptors (Lipinski definition) is 5. The minimum absolute atomic E-state index is 0.214. The zero-order chi connectivity index (χ0) is 27.7. The number of hydrazone groups is 1. The van der Waals surface area contributed by atoms with E-state index in [1.165, 1.54) is 18.5 Å². The molecular weight excluding hydrogens is 517 g/mol. The van der Waals surface area contributed by atoms with Gasteiger partial charge in [-0.1, -0.05) is 24.3 Å². The van der Waals surface area contributed by atoms with Crippen molar-refractivity contribution in [3.05, 3.63) is 83.4 Å². The molecule has 0 radical (unpaired) electrons. The fourth-order valence-corrected chi connectivity index (χ4v) is 3.17. The quantitative estimate of drug-likeness (QED) is 0.166. The highest BCUT2D eigenvalue weighted by Crippen LogP contribution is 2.25. The molecule has 0 aromatic heterocycles. The van der Waals surface area contributed by atoms with Crippen molar-refractivity contribution in [2.75, 3.05) is 19.5 Å². The zero-order valence-corrected chi connectivity index (χ0v) is 21.5. The molecule has 0 saturated carbocycles. The Hall–Kier alpha value is -4.45. The van der Waals surface area contributed by atoms with Crippen LogP contribution in [0.4, 0.5) is 24.5 Å². The van der Waals surface area contributed by atoms with E-state index in [4.69, 9.17) is 22.7 Å². The van der Waals surface area contributed by atoms with Crippen molar-refractivity contribution in [3.63, 3.8) is 0 Å². The van der Waals surface area contributed by atoms with Crippen LogP contribution in [0.15, 0.2) is 81.8 Å². The first-order chi connectivity index (χ1) is 18.0. The van der Waals surface area contributed by atoms with Gasteiger partial charge in [-0.2, -0.15) is 5.10 Å². The number of methoxy groups -OCH3 is 1. The molecule has 12 heteroatoms. The van der Waals surface area contributed by atoms with Crippen molar-refractivity contribution in [1.82, 2.24) is 5.01 Å². The number of thiocarbonyl (C=S) groups is 1.